The van der Waals surface area contributed by atoms with E-state index >= 15 is 0 Å². The van der Waals surface area contributed by atoms with Gasteiger partial charge in [0.15, 0.2) is 11.5 Å². The number of benzene rings is 3. The topological polar surface area (TPSA) is 76.7 Å². The molecule has 0 bridgehead atoms. The summed E-state index contributed by atoms with van der Waals surface area (Å²) in [5, 5.41) is 7.64. The molecule has 2 heterocycles. The zero-order chi connectivity index (χ0) is 27.4. The average molecular weight is 526 g/mol. The highest BCUT2D eigenvalue weighted by Crippen LogP contribution is 2.45. The van der Waals surface area contributed by atoms with Crippen LogP contribution in [0.2, 0.25) is 0 Å². The lowest BCUT2D eigenvalue weighted by molar-refractivity contribution is 0.0729. The molecule has 1 unspecified atom stereocenters. The summed E-state index contributed by atoms with van der Waals surface area (Å²) in [6.45, 7) is 7.76. The lowest BCUT2D eigenvalue weighted by Crippen LogP contribution is -2.29. The van der Waals surface area contributed by atoms with E-state index in [-0.39, 0.29) is 11.9 Å². The Morgan fingerprint density at radius 2 is 1.72 bits per heavy atom. The second-order valence-electron chi connectivity index (χ2n) is 9.75. The third kappa shape index (κ3) is 5.35. The summed E-state index contributed by atoms with van der Waals surface area (Å²) < 4.78 is 17.4. The van der Waals surface area contributed by atoms with Crippen molar-refractivity contribution < 1.29 is 19.0 Å². The number of hydrogen-bond donors (Lipinski definition) is 1. The van der Waals surface area contributed by atoms with Crippen molar-refractivity contribution in [3.63, 3.8) is 0 Å². The van der Waals surface area contributed by atoms with Crippen molar-refractivity contribution in [2.45, 2.75) is 46.2 Å². The van der Waals surface area contributed by atoms with Crippen LogP contribution in [0, 0.1) is 6.92 Å². The van der Waals surface area contributed by atoms with E-state index in [0.717, 1.165) is 46.5 Å². The zero-order valence-electron chi connectivity index (χ0n) is 23.0. The highest BCUT2D eigenvalue weighted by Gasteiger charge is 2.42. The third-order valence-electron chi connectivity index (χ3n) is 7.04. The molecule has 7 nitrogen and oxygen atoms in total. The number of amides is 1. The first kappa shape index (κ1) is 26.4. The van der Waals surface area contributed by atoms with Gasteiger partial charge in [0.1, 0.15) is 11.4 Å². The first-order chi connectivity index (χ1) is 19.0. The van der Waals surface area contributed by atoms with Gasteiger partial charge in [-0.05, 0) is 67.8 Å². The molecule has 1 amide bonds. The van der Waals surface area contributed by atoms with E-state index < -0.39 is 0 Å². The molecule has 0 saturated carbocycles. The summed E-state index contributed by atoms with van der Waals surface area (Å²) in [7, 11) is 1.64. The molecule has 1 atom stereocenters. The van der Waals surface area contributed by atoms with Gasteiger partial charge in [-0.1, -0.05) is 49.2 Å². The number of carbonyl (C=O) groups is 1. The molecule has 3 aromatic carbocycles. The number of carbonyl (C=O) groups excluding carboxylic acids is 1. The Kier molecular flexibility index (Phi) is 7.87. The molecular formula is C32H35N3O4. The van der Waals surface area contributed by atoms with Crippen LogP contribution in [0.5, 0.6) is 17.2 Å². The number of aryl methyl sites for hydroxylation is 1. The van der Waals surface area contributed by atoms with E-state index in [9.17, 15) is 4.79 Å². The standard InChI is InChI=1S/C32H35N3O4/c1-5-7-18-39-26-17-14-24(19-27(26)38-6-2)31-28-29(23-12-15-25(37-4)16-13-23)33-34-30(28)32(36)35(31)20-22-10-8-21(3)9-11-22/h8-17,19,31H,5-7,18,20H2,1-4H3,(H,33,34). The summed E-state index contributed by atoms with van der Waals surface area (Å²) >= 11 is 0. The van der Waals surface area contributed by atoms with Gasteiger partial charge in [0.05, 0.1) is 32.1 Å². The van der Waals surface area contributed by atoms with Crippen LogP contribution >= 0.6 is 0 Å². The number of nitrogens with zero attached hydrogens (tertiary/aromatic N) is 2. The van der Waals surface area contributed by atoms with E-state index in [1.54, 1.807) is 7.11 Å². The largest absolute Gasteiger partial charge is 0.497 e. The highest BCUT2D eigenvalue weighted by atomic mass is 16.5. The Hall–Kier alpha value is -4.26. The number of rotatable bonds is 11. The van der Waals surface area contributed by atoms with E-state index in [4.69, 9.17) is 14.2 Å². The van der Waals surface area contributed by atoms with Crippen LogP contribution < -0.4 is 14.2 Å². The van der Waals surface area contributed by atoms with Gasteiger partial charge in [0, 0.05) is 17.7 Å². The van der Waals surface area contributed by atoms with E-state index in [0.29, 0.717) is 37.0 Å². The molecule has 1 aromatic heterocycles. The number of ether oxygens (including phenoxy) is 3. The van der Waals surface area contributed by atoms with Gasteiger partial charge in [-0.15, -0.1) is 0 Å². The highest BCUT2D eigenvalue weighted by molar-refractivity contribution is 6.00. The second-order valence-corrected chi connectivity index (χ2v) is 9.75. The molecule has 39 heavy (non-hydrogen) atoms. The average Bonchev–Trinajstić information content (AvgIpc) is 3.50. The normalized spacial score (nSPS) is 14.4. The Balaban J connectivity index is 1.60. The predicted octanol–water partition coefficient (Wildman–Crippen LogP) is 6.72. The fraction of sp³-hybridized carbons (Fsp3) is 0.312. The van der Waals surface area contributed by atoms with Crippen LogP contribution in [0.4, 0.5) is 0 Å². The van der Waals surface area contributed by atoms with Crippen molar-refractivity contribution >= 4 is 5.91 Å². The minimum atomic E-state index is -0.353. The Morgan fingerprint density at radius 1 is 0.949 bits per heavy atom. The molecule has 0 fully saturated rings. The number of aromatic amines is 1. The molecule has 1 N–H and O–H groups in total. The molecule has 5 rings (SSSR count). The monoisotopic (exact) mass is 525 g/mol. The summed E-state index contributed by atoms with van der Waals surface area (Å²) in [6, 6.07) is 21.7. The van der Waals surface area contributed by atoms with Crippen molar-refractivity contribution in [3.8, 4) is 28.5 Å². The molecular weight excluding hydrogens is 490 g/mol. The minimum absolute atomic E-state index is 0.0796. The maximum absolute atomic E-state index is 13.8. The Labute approximate surface area is 229 Å². The van der Waals surface area contributed by atoms with Crippen LogP contribution in [0.15, 0.2) is 66.7 Å². The Bertz CT molecular complexity index is 1430. The maximum Gasteiger partial charge on any atom is 0.273 e. The number of H-pyrrole nitrogens is 1. The van der Waals surface area contributed by atoms with Crippen molar-refractivity contribution in [1.82, 2.24) is 15.1 Å². The lowest BCUT2D eigenvalue weighted by Gasteiger charge is -2.27. The fourth-order valence-electron chi connectivity index (χ4n) is 4.97. The number of methoxy groups -OCH3 is 1. The first-order valence-corrected chi connectivity index (χ1v) is 13.5. The molecule has 1 aliphatic heterocycles. The number of fused-ring (bicyclic) bond motifs is 1. The minimum Gasteiger partial charge on any atom is -0.497 e. The quantitative estimate of drug-likeness (QED) is 0.220. The van der Waals surface area contributed by atoms with E-state index in [2.05, 4.69) is 48.3 Å². The van der Waals surface area contributed by atoms with Gasteiger partial charge >= 0.3 is 0 Å². The zero-order valence-corrected chi connectivity index (χ0v) is 23.0. The number of aromatic nitrogens is 2. The van der Waals surface area contributed by atoms with Gasteiger partial charge in [-0.25, -0.2) is 0 Å². The number of unbranched alkanes of at least 4 members (excludes halogenated alkanes) is 1. The van der Waals surface area contributed by atoms with Gasteiger partial charge in [-0.3, -0.25) is 9.89 Å². The maximum atomic E-state index is 13.8. The lowest BCUT2D eigenvalue weighted by atomic mass is 9.95. The smallest absolute Gasteiger partial charge is 0.273 e. The molecule has 7 heteroatoms. The van der Waals surface area contributed by atoms with Crippen molar-refractivity contribution in [2.24, 2.45) is 0 Å². The van der Waals surface area contributed by atoms with Crippen LogP contribution in [0.1, 0.15) is 65.5 Å². The van der Waals surface area contributed by atoms with Gasteiger partial charge in [-0.2, -0.15) is 5.10 Å². The molecule has 1 aliphatic rings. The SMILES string of the molecule is CCCCOc1ccc(C2c3c(-c4ccc(OC)cc4)n[nH]c3C(=O)N2Cc2ccc(C)cc2)cc1OCC. The van der Waals surface area contributed by atoms with Crippen molar-refractivity contribution in [1.29, 1.82) is 0 Å². The predicted molar refractivity (Wildman–Crippen MR) is 151 cm³/mol. The number of hydrogen-bond acceptors (Lipinski definition) is 5. The van der Waals surface area contributed by atoms with Crippen LogP contribution in [0.25, 0.3) is 11.3 Å². The summed E-state index contributed by atoms with van der Waals surface area (Å²) in [5.41, 5.74) is 6.22. The molecule has 0 saturated heterocycles. The first-order valence-electron chi connectivity index (χ1n) is 13.5. The molecule has 4 aromatic rings. The third-order valence-corrected chi connectivity index (χ3v) is 7.04. The molecule has 0 spiro atoms. The van der Waals surface area contributed by atoms with E-state index in [1.807, 2.05) is 54.3 Å². The van der Waals surface area contributed by atoms with Gasteiger partial charge in [0.25, 0.3) is 5.91 Å². The van der Waals surface area contributed by atoms with Crippen LogP contribution in [-0.4, -0.2) is 41.3 Å². The van der Waals surface area contributed by atoms with E-state index in [1.165, 1.54) is 5.56 Å². The Morgan fingerprint density at radius 3 is 2.41 bits per heavy atom. The molecule has 0 radical (unpaired) electrons. The molecule has 202 valence electrons. The summed E-state index contributed by atoms with van der Waals surface area (Å²) in [6.07, 6.45) is 2.02. The van der Waals surface area contributed by atoms with Crippen molar-refractivity contribution in [3.05, 3.63) is 94.7 Å². The van der Waals surface area contributed by atoms with Gasteiger partial charge in [0.2, 0.25) is 0 Å². The summed E-state index contributed by atoms with van der Waals surface area (Å²) in [5.74, 6) is 2.08. The second kappa shape index (κ2) is 11.6. The molecule has 0 aliphatic carbocycles. The summed E-state index contributed by atoms with van der Waals surface area (Å²) in [4.78, 5) is 15.7. The van der Waals surface area contributed by atoms with Crippen LogP contribution in [-0.2, 0) is 6.54 Å². The van der Waals surface area contributed by atoms with Gasteiger partial charge < -0.3 is 19.1 Å². The number of nitrogens with one attached hydrogen (secondary N) is 1. The fourth-order valence-corrected chi connectivity index (χ4v) is 4.97. The van der Waals surface area contributed by atoms with Crippen LogP contribution in [0.3, 0.4) is 0 Å². The van der Waals surface area contributed by atoms with Crippen molar-refractivity contribution in [2.75, 3.05) is 20.3 Å².